The van der Waals surface area contributed by atoms with Crippen molar-refractivity contribution in [2.45, 2.75) is 32.9 Å². The second-order valence-electron chi connectivity index (χ2n) is 6.83. The Kier molecular flexibility index (Phi) is 6.89. The molecule has 0 aliphatic heterocycles. The van der Waals surface area contributed by atoms with Gasteiger partial charge in [-0.2, -0.15) is 0 Å². The smallest absolute Gasteiger partial charge is 0.408 e. The number of ether oxygens (including phenoxy) is 1. The summed E-state index contributed by atoms with van der Waals surface area (Å²) in [5.74, 6) is -0.114. The number of benzene rings is 2. The fourth-order valence-electron chi connectivity index (χ4n) is 3.38. The standard InChI is InChI=1S/C23H27N3O3/c1-3-26(4-2)22(27)21(14-18-15-24-20-13-9-8-12-19(18)20)25-23(28)29-16-17-10-6-5-7-11-17/h5-13,15,21,24H,3-4,14,16H2,1-2H3,(H,25,28). The monoisotopic (exact) mass is 393 g/mol. The van der Waals surface area contributed by atoms with Crippen molar-refractivity contribution >= 4 is 22.9 Å². The maximum Gasteiger partial charge on any atom is 0.408 e. The van der Waals surface area contributed by atoms with Gasteiger partial charge in [0, 0.05) is 36.6 Å². The fourth-order valence-corrected chi connectivity index (χ4v) is 3.38. The highest BCUT2D eigenvalue weighted by Crippen LogP contribution is 2.19. The number of carbonyl (C=O) groups excluding carboxylic acids is 2. The Morgan fingerprint density at radius 1 is 1.03 bits per heavy atom. The molecule has 1 unspecified atom stereocenters. The topological polar surface area (TPSA) is 74.4 Å². The lowest BCUT2D eigenvalue weighted by Gasteiger charge is -2.25. The summed E-state index contributed by atoms with van der Waals surface area (Å²) in [5, 5.41) is 3.82. The number of nitrogens with zero attached hydrogens (tertiary/aromatic N) is 1. The van der Waals surface area contributed by atoms with E-state index in [2.05, 4.69) is 10.3 Å². The Labute approximate surface area is 170 Å². The van der Waals surface area contributed by atoms with Crippen molar-refractivity contribution < 1.29 is 14.3 Å². The number of para-hydroxylation sites is 1. The van der Waals surface area contributed by atoms with E-state index in [0.717, 1.165) is 22.0 Å². The van der Waals surface area contributed by atoms with Crippen LogP contribution in [0.15, 0.2) is 60.8 Å². The second kappa shape index (κ2) is 9.78. The third kappa shape index (κ3) is 5.16. The predicted molar refractivity (Wildman–Crippen MR) is 113 cm³/mol. The molecule has 0 saturated carbocycles. The third-order valence-electron chi connectivity index (χ3n) is 4.98. The normalized spacial score (nSPS) is 11.8. The van der Waals surface area contributed by atoms with Crippen molar-refractivity contribution in [1.29, 1.82) is 0 Å². The lowest BCUT2D eigenvalue weighted by Crippen LogP contribution is -2.49. The number of aromatic amines is 1. The van der Waals surface area contributed by atoms with Gasteiger partial charge in [-0.1, -0.05) is 48.5 Å². The molecule has 0 bridgehead atoms. The lowest BCUT2D eigenvalue weighted by atomic mass is 10.0. The molecule has 0 aliphatic rings. The number of rotatable bonds is 8. The number of nitrogens with one attached hydrogen (secondary N) is 2. The minimum Gasteiger partial charge on any atom is -0.445 e. The molecule has 0 fully saturated rings. The average molecular weight is 393 g/mol. The molecule has 1 heterocycles. The van der Waals surface area contributed by atoms with Crippen LogP contribution >= 0.6 is 0 Å². The van der Waals surface area contributed by atoms with Gasteiger partial charge in [-0.05, 0) is 31.0 Å². The summed E-state index contributed by atoms with van der Waals surface area (Å²) in [6, 6.07) is 16.7. The minimum atomic E-state index is -0.697. The number of H-pyrrole nitrogens is 1. The van der Waals surface area contributed by atoms with Gasteiger partial charge in [0.2, 0.25) is 5.91 Å². The summed E-state index contributed by atoms with van der Waals surface area (Å²) in [6.07, 6.45) is 1.68. The van der Waals surface area contributed by atoms with Crippen LogP contribution in [0.1, 0.15) is 25.0 Å². The molecule has 0 spiro atoms. The van der Waals surface area contributed by atoms with Gasteiger partial charge >= 0.3 is 6.09 Å². The lowest BCUT2D eigenvalue weighted by molar-refractivity contribution is -0.132. The summed E-state index contributed by atoms with van der Waals surface area (Å²) in [4.78, 5) is 30.4. The van der Waals surface area contributed by atoms with Gasteiger partial charge in [-0.15, -0.1) is 0 Å². The van der Waals surface area contributed by atoms with Crippen molar-refractivity contribution in [3.8, 4) is 0 Å². The summed E-state index contributed by atoms with van der Waals surface area (Å²) in [7, 11) is 0. The summed E-state index contributed by atoms with van der Waals surface area (Å²) >= 11 is 0. The zero-order chi connectivity index (χ0) is 20.6. The molecule has 152 valence electrons. The molecule has 6 heteroatoms. The van der Waals surface area contributed by atoms with Crippen LogP contribution in [0.5, 0.6) is 0 Å². The molecule has 3 rings (SSSR count). The number of likely N-dealkylation sites (N-methyl/N-ethyl adjacent to an activating group) is 1. The summed E-state index contributed by atoms with van der Waals surface area (Å²) in [6.45, 7) is 5.18. The maximum absolute atomic E-state index is 13.0. The highest BCUT2D eigenvalue weighted by Gasteiger charge is 2.26. The number of carbonyl (C=O) groups is 2. The van der Waals surface area contributed by atoms with Crippen LogP contribution in [0, 0.1) is 0 Å². The Hall–Kier alpha value is -3.28. The molecule has 1 aromatic heterocycles. The van der Waals surface area contributed by atoms with Gasteiger partial charge in [0.25, 0.3) is 0 Å². The SMILES string of the molecule is CCN(CC)C(=O)C(Cc1c[nH]c2ccccc12)NC(=O)OCc1ccccc1. The molecule has 3 aromatic rings. The van der Waals surface area contributed by atoms with E-state index < -0.39 is 12.1 Å². The third-order valence-corrected chi connectivity index (χ3v) is 4.98. The van der Waals surface area contributed by atoms with Crippen molar-refractivity contribution in [3.05, 3.63) is 71.9 Å². The van der Waals surface area contributed by atoms with Crippen molar-refractivity contribution in [2.75, 3.05) is 13.1 Å². The van der Waals surface area contributed by atoms with Crippen LogP contribution in [0.25, 0.3) is 10.9 Å². The van der Waals surface area contributed by atoms with Crippen LogP contribution in [0.2, 0.25) is 0 Å². The Morgan fingerprint density at radius 3 is 2.45 bits per heavy atom. The predicted octanol–water partition coefficient (Wildman–Crippen LogP) is 3.87. The molecule has 0 aliphatic carbocycles. The van der Waals surface area contributed by atoms with Crippen LogP contribution in [0.4, 0.5) is 4.79 Å². The molecule has 2 amide bonds. The Balaban J connectivity index is 1.73. The quantitative estimate of drug-likeness (QED) is 0.610. The van der Waals surface area contributed by atoms with Gasteiger partial charge in [-0.3, -0.25) is 4.79 Å². The van der Waals surface area contributed by atoms with Crippen LogP contribution in [-0.4, -0.2) is 41.0 Å². The molecule has 1 atom stereocenters. The molecule has 2 aromatic carbocycles. The van der Waals surface area contributed by atoms with E-state index in [-0.39, 0.29) is 12.5 Å². The highest BCUT2D eigenvalue weighted by molar-refractivity contribution is 5.88. The summed E-state index contributed by atoms with van der Waals surface area (Å²) in [5.41, 5.74) is 2.88. The van der Waals surface area contributed by atoms with Gasteiger partial charge in [0.15, 0.2) is 0 Å². The number of hydrogen-bond acceptors (Lipinski definition) is 3. The zero-order valence-electron chi connectivity index (χ0n) is 16.9. The number of hydrogen-bond donors (Lipinski definition) is 2. The van der Waals surface area contributed by atoms with E-state index in [1.165, 1.54) is 0 Å². The number of aromatic nitrogens is 1. The van der Waals surface area contributed by atoms with E-state index in [1.807, 2.05) is 74.6 Å². The fraction of sp³-hybridized carbons (Fsp3) is 0.304. The first-order valence-electron chi connectivity index (χ1n) is 9.93. The Bertz CT molecular complexity index is 948. The number of fused-ring (bicyclic) bond motifs is 1. The van der Waals surface area contributed by atoms with Gasteiger partial charge in [0.1, 0.15) is 12.6 Å². The van der Waals surface area contributed by atoms with Crippen LogP contribution in [-0.2, 0) is 22.6 Å². The van der Waals surface area contributed by atoms with Gasteiger partial charge in [-0.25, -0.2) is 4.79 Å². The molecular weight excluding hydrogens is 366 g/mol. The van der Waals surface area contributed by atoms with Crippen LogP contribution in [0.3, 0.4) is 0 Å². The molecule has 2 N–H and O–H groups in total. The number of alkyl carbamates (subject to hydrolysis) is 1. The number of amides is 2. The van der Waals surface area contributed by atoms with Crippen molar-refractivity contribution in [2.24, 2.45) is 0 Å². The van der Waals surface area contributed by atoms with Crippen LogP contribution < -0.4 is 5.32 Å². The first-order chi connectivity index (χ1) is 14.1. The highest BCUT2D eigenvalue weighted by atomic mass is 16.5. The van der Waals surface area contributed by atoms with E-state index in [9.17, 15) is 9.59 Å². The van der Waals surface area contributed by atoms with Crippen molar-refractivity contribution in [3.63, 3.8) is 0 Å². The maximum atomic E-state index is 13.0. The second-order valence-corrected chi connectivity index (χ2v) is 6.83. The van der Waals surface area contributed by atoms with E-state index >= 15 is 0 Å². The molecule has 0 saturated heterocycles. The zero-order valence-corrected chi connectivity index (χ0v) is 16.9. The van der Waals surface area contributed by atoms with E-state index in [0.29, 0.717) is 19.5 Å². The Morgan fingerprint density at radius 2 is 1.72 bits per heavy atom. The molecule has 0 radical (unpaired) electrons. The minimum absolute atomic E-state index is 0.114. The first-order valence-corrected chi connectivity index (χ1v) is 9.93. The molecular formula is C23H27N3O3. The van der Waals surface area contributed by atoms with E-state index in [1.54, 1.807) is 4.90 Å². The van der Waals surface area contributed by atoms with E-state index in [4.69, 9.17) is 4.74 Å². The summed E-state index contributed by atoms with van der Waals surface area (Å²) < 4.78 is 5.33. The average Bonchev–Trinajstić information content (AvgIpc) is 3.16. The molecule has 29 heavy (non-hydrogen) atoms. The van der Waals surface area contributed by atoms with Gasteiger partial charge < -0.3 is 19.9 Å². The first kappa shape index (κ1) is 20.5. The van der Waals surface area contributed by atoms with Crippen molar-refractivity contribution in [1.82, 2.24) is 15.2 Å². The van der Waals surface area contributed by atoms with Gasteiger partial charge in [0.05, 0.1) is 0 Å². The largest absolute Gasteiger partial charge is 0.445 e. The molecule has 6 nitrogen and oxygen atoms in total.